The Morgan fingerprint density at radius 1 is 1.31 bits per heavy atom. The first-order valence-electron chi connectivity index (χ1n) is 5.23. The van der Waals surface area contributed by atoms with Gasteiger partial charge in [-0.05, 0) is 32.2 Å². The van der Waals surface area contributed by atoms with Crippen LogP contribution in [0.4, 0.5) is 0 Å². The normalized spacial score (nSPS) is 20.8. The van der Waals surface area contributed by atoms with Crippen molar-refractivity contribution in [2.24, 2.45) is 0 Å². The van der Waals surface area contributed by atoms with Crippen molar-refractivity contribution in [1.82, 2.24) is 4.90 Å². The van der Waals surface area contributed by atoms with Gasteiger partial charge < -0.3 is 14.7 Å². The molecule has 0 unspecified atom stereocenters. The number of likely N-dealkylation sites (tertiary alicyclic amines) is 1. The number of aliphatic hydroxyl groups excluding tert-OH is 1. The number of nitrogens with zero attached hydrogens (tertiary/aromatic N) is 1. The third-order valence-corrected chi connectivity index (χ3v) is 2.75. The molecule has 0 aromatic heterocycles. The van der Waals surface area contributed by atoms with Crippen LogP contribution in [0.25, 0.3) is 0 Å². The van der Waals surface area contributed by atoms with Crippen LogP contribution in [-0.2, 0) is 4.74 Å². The maximum absolute atomic E-state index is 8.64. The fourth-order valence-electron chi connectivity index (χ4n) is 1.82. The van der Waals surface area contributed by atoms with Gasteiger partial charge in [-0.3, -0.25) is 0 Å². The first kappa shape index (κ1) is 11.0. The number of rotatable bonds is 5. The second-order valence-corrected chi connectivity index (χ2v) is 3.71. The van der Waals surface area contributed by atoms with Gasteiger partial charge in [0.25, 0.3) is 0 Å². The fourth-order valence-corrected chi connectivity index (χ4v) is 1.82. The van der Waals surface area contributed by atoms with E-state index < -0.39 is 0 Å². The Kier molecular flexibility index (Phi) is 5.35. The smallest absolute Gasteiger partial charge is 0.0595 e. The summed E-state index contributed by atoms with van der Waals surface area (Å²) in [5, 5.41) is 8.64. The molecule has 0 aromatic carbocycles. The molecule has 1 saturated heterocycles. The molecule has 0 atom stereocenters. The van der Waals surface area contributed by atoms with E-state index in [1.54, 1.807) is 7.11 Å². The van der Waals surface area contributed by atoms with Crippen LogP contribution < -0.4 is 0 Å². The minimum Gasteiger partial charge on any atom is -0.396 e. The van der Waals surface area contributed by atoms with E-state index in [0.29, 0.717) is 12.7 Å². The van der Waals surface area contributed by atoms with Crippen LogP contribution in [0.5, 0.6) is 0 Å². The van der Waals surface area contributed by atoms with Crippen molar-refractivity contribution < 1.29 is 9.84 Å². The number of aliphatic hydroxyl groups is 1. The van der Waals surface area contributed by atoms with Crippen LogP contribution in [0.3, 0.4) is 0 Å². The van der Waals surface area contributed by atoms with E-state index in [9.17, 15) is 0 Å². The second kappa shape index (κ2) is 6.35. The number of methoxy groups -OCH3 is 1. The molecule has 1 aliphatic heterocycles. The van der Waals surface area contributed by atoms with Crippen molar-refractivity contribution in [2.45, 2.75) is 31.8 Å². The molecule has 0 saturated carbocycles. The lowest BCUT2D eigenvalue weighted by Crippen LogP contribution is -2.37. The Labute approximate surface area is 80.7 Å². The monoisotopic (exact) mass is 187 g/mol. The summed E-state index contributed by atoms with van der Waals surface area (Å²) >= 11 is 0. The van der Waals surface area contributed by atoms with Gasteiger partial charge in [0.1, 0.15) is 0 Å². The average molecular weight is 187 g/mol. The van der Waals surface area contributed by atoms with Crippen molar-refractivity contribution in [3.05, 3.63) is 0 Å². The van der Waals surface area contributed by atoms with Crippen LogP contribution in [-0.4, -0.2) is 49.5 Å². The summed E-state index contributed by atoms with van der Waals surface area (Å²) in [6, 6.07) is 0. The highest BCUT2D eigenvalue weighted by Gasteiger charge is 2.17. The lowest BCUT2D eigenvalue weighted by atomic mass is 10.1. The summed E-state index contributed by atoms with van der Waals surface area (Å²) in [5.41, 5.74) is 0. The lowest BCUT2D eigenvalue weighted by Gasteiger charge is -2.30. The first-order chi connectivity index (χ1) is 6.36. The summed E-state index contributed by atoms with van der Waals surface area (Å²) in [4.78, 5) is 2.46. The lowest BCUT2D eigenvalue weighted by molar-refractivity contribution is 0.0404. The van der Waals surface area contributed by atoms with Crippen molar-refractivity contribution in [2.75, 3.05) is 33.4 Å². The van der Waals surface area contributed by atoms with Gasteiger partial charge in [0, 0.05) is 26.8 Å². The highest BCUT2D eigenvalue weighted by molar-refractivity contribution is 4.71. The molecule has 0 radical (unpaired) electrons. The summed E-state index contributed by atoms with van der Waals surface area (Å²) in [6.45, 7) is 3.78. The summed E-state index contributed by atoms with van der Waals surface area (Å²) < 4.78 is 5.30. The third kappa shape index (κ3) is 4.07. The molecule has 1 fully saturated rings. The molecule has 3 heteroatoms. The first-order valence-corrected chi connectivity index (χ1v) is 5.23. The maximum atomic E-state index is 8.64. The van der Waals surface area contributed by atoms with Crippen LogP contribution in [0.15, 0.2) is 0 Å². The number of unbranched alkanes of at least 4 members (excludes halogenated alkanes) is 1. The Morgan fingerprint density at radius 3 is 2.54 bits per heavy atom. The van der Waals surface area contributed by atoms with E-state index >= 15 is 0 Å². The molecule has 0 bridgehead atoms. The zero-order valence-electron chi connectivity index (χ0n) is 8.54. The summed E-state index contributed by atoms with van der Waals surface area (Å²) in [7, 11) is 1.80. The minimum absolute atomic E-state index is 0.328. The van der Waals surface area contributed by atoms with Crippen LogP contribution in [0, 0.1) is 0 Å². The van der Waals surface area contributed by atoms with E-state index in [1.807, 2.05) is 0 Å². The maximum Gasteiger partial charge on any atom is 0.0595 e. The molecule has 78 valence electrons. The Hall–Kier alpha value is -0.120. The van der Waals surface area contributed by atoms with Crippen molar-refractivity contribution in [1.29, 1.82) is 0 Å². The van der Waals surface area contributed by atoms with Gasteiger partial charge in [0.15, 0.2) is 0 Å². The van der Waals surface area contributed by atoms with Crippen LogP contribution in [0.2, 0.25) is 0 Å². The highest BCUT2D eigenvalue weighted by atomic mass is 16.5. The SMILES string of the molecule is COC1CCN(CCCCO)CC1. The van der Waals surface area contributed by atoms with Crippen LogP contribution in [0.1, 0.15) is 25.7 Å². The summed E-state index contributed by atoms with van der Waals surface area (Å²) in [6.07, 6.45) is 4.86. The predicted molar refractivity (Wildman–Crippen MR) is 52.8 cm³/mol. The minimum atomic E-state index is 0.328. The predicted octanol–water partition coefficient (Wildman–Crippen LogP) is 0.870. The molecule has 0 spiro atoms. The fraction of sp³-hybridized carbons (Fsp3) is 1.00. The molecule has 13 heavy (non-hydrogen) atoms. The average Bonchev–Trinajstić information content (AvgIpc) is 2.19. The number of hydrogen-bond donors (Lipinski definition) is 1. The molecular formula is C10H21NO2. The van der Waals surface area contributed by atoms with E-state index in [-0.39, 0.29) is 0 Å². The molecule has 0 amide bonds. The topological polar surface area (TPSA) is 32.7 Å². The largest absolute Gasteiger partial charge is 0.396 e. The van der Waals surface area contributed by atoms with E-state index in [2.05, 4.69) is 4.90 Å². The molecule has 1 rings (SSSR count). The van der Waals surface area contributed by atoms with E-state index in [0.717, 1.165) is 45.3 Å². The third-order valence-electron chi connectivity index (χ3n) is 2.75. The molecule has 0 aromatic rings. The Balaban J connectivity index is 2.03. The zero-order chi connectivity index (χ0) is 9.52. The Morgan fingerprint density at radius 2 is 2.00 bits per heavy atom. The van der Waals surface area contributed by atoms with Crippen molar-refractivity contribution in [3.63, 3.8) is 0 Å². The zero-order valence-corrected chi connectivity index (χ0v) is 8.54. The van der Waals surface area contributed by atoms with Gasteiger partial charge in [-0.25, -0.2) is 0 Å². The molecule has 1 aliphatic rings. The molecule has 3 nitrogen and oxygen atoms in total. The van der Waals surface area contributed by atoms with Gasteiger partial charge in [-0.1, -0.05) is 0 Å². The van der Waals surface area contributed by atoms with Crippen molar-refractivity contribution >= 4 is 0 Å². The van der Waals surface area contributed by atoms with Gasteiger partial charge >= 0.3 is 0 Å². The molecule has 0 aliphatic carbocycles. The van der Waals surface area contributed by atoms with Crippen LogP contribution >= 0.6 is 0 Å². The Bertz CT molecular complexity index is 119. The standard InChI is InChI=1S/C10H21NO2/c1-13-10-4-7-11(8-5-10)6-2-3-9-12/h10,12H,2-9H2,1H3. The van der Waals surface area contributed by atoms with Gasteiger partial charge in [-0.15, -0.1) is 0 Å². The molecule has 1 N–H and O–H groups in total. The van der Waals surface area contributed by atoms with Gasteiger partial charge in [-0.2, -0.15) is 0 Å². The van der Waals surface area contributed by atoms with E-state index in [1.165, 1.54) is 0 Å². The molecular weight excluding hydrogens is 166 g/mol. The van der Waals surface area contributed by atoms with Gasteiger partial charge in [0.05, 0.1) is 6.10 Å². The number of piperidine rings is 1. The quantitative estimate of drug-likeness (QED) is 0.648. The molecule has 1 heterocycles. The van der Waals surface area contributed by atoms with E-state index in [4.69, 9.17) is 9.84 Å². The number of hydrogen-bond acceptors (Lipinski definition) is 3. The summed E-state index contributed by atoms with van der Waals surface area (Å²) in [5.74, 6) is 0. The number of ether oxygens (including phenoxy) is 1. The van der Waals surface area contributed by atoms with Gasteiger partial charge in [0.2, 0.25) is 0 Å². The second-order valence-electron chi connectivity index (χ2n) is 3.71. The highest BCUT2D eigenvalue weighted by Crippen LogP contribution is 2.12. The van der Waals surface area contributed by atoms with Crippen molar-refractivity contribution in [3.8, 4) is 0 Å².